The van der Waals surface area contributed by atoms with Crippen LogP contribution >= 0.6 is 22.9 Å². The van der Waals surface area contributed by atoms with Gasteiger partial charge in [0, 0.05) is 6.54 Å². The number of nitrogens with one attached hydrogen (secondary N) is 1. The van der Waals surface area contributed by atoms with E-state index in [0.29, 0.717) is 4.34 Å². The summed E-state index contributed by atoms with van der Waals surface area (Å²) >= 11 is 6.89. The number of nitrogens with zero attached hydrogens (tertiary/aromatic N) is 1. The molecule has 1 N–H and O–H groups in total. The summed E-state index contributed by atoms with van der Waals surface area (Å²) in [6.45, 7) is 2.20. The van der Waals surface area contributed by atoms with E-state index in [4.69, 9.17) is 16.0 Å². The van der Waals surface area contributed by atoms with E-state index in [0.717, 1.165) is 43.0 Å². The maximum absolute atomic E-state index is 12.4. The summed E-state index contributed by atoms with van der Waals surface area (Å²) in [5.41, 5.74) is 0. The number of thiophene rings is 1. The van der Waals surface area contributed by atoms with Crippen molar-refractivity contribution in [2.45, 2.75) is 29.5 Å². The van der Waals surface area contributed by atoms with E-state index >= 15 is 0 Å². The molecule has 0 saturated carbocycles. The lowest BCUT2D eigenvalue weighted by molar-refractivity contribution is 0.147. The van der Waals surface area contributed by atoms with Crippen LogP contribution in [0.4, 0.5) is 0 Å². The second-order valence-electron chi connectivity index (χ2n) is 5.54. The topological polar surface area (TPSA) is 62.6 Å². The molecule has 23 heavy (non-hydrogen) atoms. The van der Waals surface area contributed by atoms with Gasteiger partial charge in [-0.1, -0.05) is 18.0 Å². The highest BCUT2D eigenvalue weighted by Crippen LogP contribution is 2.27. The number of sulfonamides is 1. The van der Waals surface area contributed by atoms with Gasteiger partial charge in [0.25, 0.3) is 0 Å². The van der Waals surface area contributed by atoms with Gasteiger partial charge in [-0.05, 0) is 50.2 Å². The molecule has 0 aromatic carbocycles. The van der Waals surface area contributed by atoms with Gasteiger partial charge in [-0.3, -0.25) is 4.90 Å². The molecule has 0 aliphatic carbocycles. The zero-order chi connectivity index (χ0) is 16.3. The fourth-order valence-corrected chi connectivity index (χ4v) is 5.39. The molecular formula is C15H19ClN2O3S2. The van der Waals surface area contributed by atoms with Gasteiger partial charge in [0.15, 0.2) is 0 Å². The number of furan rings is 1. The van der Waals surface area contributed by atoms with Crippen molar-refractivity contribution in [2.24, 2.45) is 0 Å². The monoisotopic (exact) mass is 374 g/mol. The lowest BCUT2D eigenvalue weighted by Crippen LogP contribution is -2.40. The predicted molar refractivity (Wildman–Crippen MR) is 91.4 cm³/mol. The van der Waals surface area contributed by atoms with E-state index in [2.05, 4.69) is 9.62 Å². The molecule has 3 heterocycles. The highest BCUT2D eigenvalue weighted by Gasteiger charge is 2.27. The summed E-state index contributed by atoms with van der Waals surface area (Å²) in [5.74, 6) is 0.791. The highest BCUT2D eigenvalue weighted by molar-refractivity contribution is 7.91. The molecule has 0 amide bonds. The average molecular weight is 375 g/mol. The zero-order valence-electron chi connectivity index (χ0n) is 12.6. The number of hydrogen-bond donors (Lipinski definition) is 1. The molecule has 1 unspecified atom stereocenters. The lowest BCUT2D eigenvalue weighted by Gasteiger charge is -2.33. The van der Waals surface area contributed by atoms with Gasteiger partial charge in [-0.25, -0.2) is 13.1 Å². The van der Waals surface area contributed by atoms with Gasteiger partial charge in [-0.2, -0.15) is 0 Å². The van der Waals surface area contributed by atoms with E-state index in [1.54, 1.807) is 12.3 Å². The Hall–Kier alpha value is -0.860. The molecule has 1 saturated heterocycles. The van der Waals surface area contributed by atoms with Crippen LogP contribution < -0.4 is 4.72 Å². The number of rotatable bonds is 6. The van der Waals surface area contributed by atoms with Crippen LogP contribution in [0.1, 0.15) is 31.1 Å². The summed E-state index contributed by atoms with van der Waals surface area (Å²) in [6, 6.07) is 6.76. The van der Waals surface area contributed by atoms with Crippen LogP contribution in [0.5, 0.6) is 0 Å². The Morgan fingerprint density at radius 2 is 2.04 bits per heavy atom. The second kappa shape index (κ2) is 7.36. The van der Waals surface area contributed by atoms with Gasteiger partial charge in [-0.15, -0.1) is 11.3 Å². The molecule has 5 nitrogen and oxygen atoms in total. The molecule has 2 aromatic heterocycles. The minimum atomic E-state index is -3.55. The first-order chi connectivity index (χ1) is 11.1. The van der Waals surface area contributed by atoms with Crippen molar-refractivity contribution in [2.75, 3.05) is 19.6 Å². The Morgan fingerprint density at radius 1 is 1.26 bits per heavy atom. The number of piperidine rings is 1. The molecule has 0 bridgehead atoms. The van der Waals surface area contributed by atoms with Crippen molar-refractivity contribution in [3.05, 3.63) is 40.6 Å². The molecule has 8 heteroatoms. The fraction of sp³-hybridized carbons (Fsp3) is 0.467. The van der Waals surface area contributed by atoms with Crippen LogP contribution in [0.25, 0.3) is 0 Å². The summed E-state index contributed by atoms with van der Waals surface area (Å²) < 4.78 is 33.7. The molecule has 1 aliphatic heterocycles. The molecular weight excluding hydrogens is 356 g/mol. The SMILES string of the molecule is O=S(=O)(NCC(c1ccco1)N1CCCCC1)c1ccc(Cl)s1. The Labute approximate surface area is 145 Å². The smallest absolute Gasteiger partial charge is 0.250 e. The maximum atomic E-state index is 12.4. The molecule has 2 aromatic rings. The molecule has 1 atom stereocenters. The van der Waals surface area contributed by atoms with E-state index in [-0.39, 0.29) is 16.8 Å². The van der Waals surface area contributed by atoms with Crippen LogP contribution in [-0.2, 0) is 10.0 Å². The third-order valence-electron chi connectivity index (χ3n) is 3.98. The largest absolute Gasteiger partial charge is 0.468 e. The summed E-state index contributed by atoms with van der Waals surface area (Å²) in [7, 11) is -3.55. The van der Waals surface area contributed by atoms with E-state index in [1.165, 1.54) is 12.5 Å². The summed E-state index contributed by atoms with van der Waals surface area (Å²) in [5, 5.41) is 0. The van der Waals surface area contributed by atoms with Gasteiger partial charge < -0.3 is 4.42 Å². The zero-order valence-corrected chi connectivity index (χ0v) is 15.0. The van der Waals surface area contributed by atoms with Gasteiger partial charge in [0.2, 0.25) is 10.0 Å². The first-order valence-corrected chi connectivity index (χ1v) is 10.3. The minimum absolute atomic E-state index is 0.0875. The molecule has 1 aliphatic rings. The van der Waals surface area contributed by atoms with Gasteiger partial charge in [0.05, 0.1) is 16.6 Å². The quantitative estimate of drug-likeness (QED) is 0.840. The summed E-state index contributed by atoms with van der Waals surface area (Å²) in [4.78, 5) is 2.28. The van der Waals surface area contributed by atoms with Crippen LogP contribution in [0.3, 0.4) is 0 Å². The predicted octanol–water partition coefficient (Wildman–Crippen LogP) is 3.50. The minimum Gasteiger partial charge on any atom is -0.468 e. The van der Waals surface area contributed by atoms with E-state index in [9.17, 15) is 8.42 Å². The standard InChI is InChI=1S/C15H19ClN2O3S2/c16-14-6-7-15(22-14)23(19,20)17-11-12(13-5-4-10-21-13)18-8-2-1-3-9-18/h4-7,10,12,17H,1-3,8-9,11H2. The summed E-state index contributed by atoms with van der Waals surface area (Å²) in [6.07, 6.45) is 5.11. The molecule has 3 rings (SSSR count). The normalized spacial score (nSPS) is 18.1. The first kappa shape index (κ1) is 17.0. The van der Waals surface area contributed by atoms with Crippen molar-refractivity contribution in [1.82, 2.24) is 9.62 Å². The van der Waals surface area contributed by atoms with Crippen LogP contribution in [0.2, 0.25) is 4.34 Å². The molecule has 0 radical (unpaired) electrons. The van der Waals surface area contributed by atoms with Crippen LogP contribution in [0.15, 0.2) is 39.2 Å². The highest BCUT2D eigenvalue weighted by atomic mass is 35.5. The van der Waals surface area contributed by atoms with Gasteiger partial charge >= 0.3 is 0 Å². The average Bonchev–Trinajstić information content (AvgIpc) is 3.20. The third-order valence-corrected chi connectivity index (χ3v) is 7.13. The molecule has 0 spiro atoms. The van der Waals surface area contributed by atoms with Crippen molar-refractivity contribution < 1.29 is 12.8 Å². The number of hydrogen-bond acceptors (Lipinski definition) is 5. The number of likely N-dealkylation sites (tertiary alicyclic amines) is 1. The molecule has 126 valence electrons. The first-order valence-electron chi connectivity index (χ1n) is 7.59. The third kappa shape index (κ3) is 4.16. The Morgan fingerprint density at radius 3 is 2.65 bits per heavy atom. The Bertz CT molecular complexity index is 722. The Balaban J connectivity index is 1.73. The fourth-order valence-electron chi connectivity index (χ4n) is 2.82. The molecule has 1 fully saturated rings. The second-order valence-corrected chi connectivity index (χ2v) is 9.25. The Kier molecular flexibility index (Phi) is 5.43. The van der Waals surface area contributed by atoms with Crippen LogP contribution in [-0.4, -0.2) is 33.0 Å². The van der Waals surface area contributed by atoms with E-state index < -0.39 is 10.0 Å². The van der Waals surface area contributed by atoms with E-state index in [1.807, 2.05) is 12.1 Å². The van der Waals surface area contributed by atoms with Crippen LogP contribution in [0, 0.1) is 0 Å². The van der Waals surface area contributed by atoms with Crippen molar-refractivity contribution in [3.8, 4) is 0 Å². The van der Waals surface area contributed by atoms with Gasteiger partial charge in [0.1, 0.15) is 9.97 Å². The maximum Gasteiger partial charge on any atom is 0.250 e. The van der Waals surface area contributed by atoms with Crippen molar-refractivity contribution in [1.29, 1.82) is 0 Å². The van der Waals surface area contributed by atoms with Crippen molar-refractivity contribution >= 4 is 33.0 Å². The van der Waals surface area contributed by atoms with Crippen molar-refractivity contribution in [3.63, 3.8) is 0 Å². The lowest BCUT2D eigenvalue weighted by atomic mass is 10.1. The number of halogens is 1.